The summed E-state index contributed by atoms with van der Waals surface area (Å²) in [7, 11) is 0. The maximum absolute atomic E-state index is 12.7. The van der Waals surface area contributed by atoms with Crippen LogP contribution in [0.25, 0.3) is 5.69 Å². The largest absolute Gasteiger partial charge is 0.416 e. The van der Waals surface area contributed by atoms with E-state index < -0.39 is 17.6 Å². The first-order valence-electron chi connectivity index (χ1n) is 8.52. The number of carbonyl (C=O) groups is 1. The van der Waals surface area contributed by atoms with Gasteiger partial charge in [-0.15, -0.1) is 0 Å². The third-order valence-electron chi connectivity index (χ3n) is 4.28. The Bertz CT molecular complexity index is 1020. The van der Waals surface area contributed by atoms with Crippen molar-refractivity contribution in [1.82, 2.24) is 9.99 Å². The predicted octanol–water partition coefficient (Wildman–Crippen LogP) is 4.88. The lowest BCUT2D eigenvalue weighted by atomic mass is 10.1. The maximum atomic E-state index is 12.7. The Morgan fingerprint density at radius 1 is 1.04 bits per heavy atom. The van der Waals surface area contributed by atoms with E-state index in [4.69, 9.17) is 0 Å². The van der Waals surface area contributed by atoms with E-state index in [1.54, 1.807) is 6.07 Å². The average molecular weight is 385 g/mol. The molecule has 144 valence electrons. The highest BCUT2D eigenvalue weighted by atomic mass is 19.4. The number of aryl methyl sites for hydroxylation is 1. The first-order chi connectivity index (χ1) is 13.3. The van der Waals surface area contributed by atoms with E-state index in [0.29, 0.717) is 5.56 Å². The van der Waals surface area contributed by atoms with Crippen LogP contribution in [0.3, 0.4) is 0 Å². The lowest BCUT2D eigenvalue weighted by Gasteiger charge is -2.09. The van der Waals surface area contributed by atoms with Crippen molar-refractivity contribution >= 4 is 12.1 Å². The lowest BCUT2D eigenvalue weighted by Crippen LogP contribution is -2.18. The molecule has 0 spiro atoms. The summed E-state index contributed by atoms with van der Waals surface area (Å²) >= 11 is 0. The van der Waals surface area contributed by atoms with Gasteiger partial charge in [0.25, 0.3) is 5.91 Å². The molecule has 0 aliphatic rings. The molecule has 4 nitrogen and oxygen atoms in total. The molecule has 0 aliphatic heterocycles. The molecule has 0 saturated carbocycles. The number of hydrazone groups is 1. The number of para-hydroxylation sites is 1. The molecule has 3 aromatic rings. The number of aromatic nitrogens is 1. The lowest BCUT2D eigenvalue weighted by molar-refractivity contribution is -0.137. The van der Waals surface area contributed by atoms with Crippen molar-refractivity contribution in [3.8, 4) is 5.69 Å². The molecule has 28 heavy (non-hydrogen) atoms. The molecule has 0 unspecified atom stereocenters. The Balaban J connectivity index is 1.77. The summed E-state index contributed by atoms with van der Waals surface area (Å²) in [4.78, 5) is 12.5. The molecule has 7 heteroatoms. The fourth-order valence-electron chi connectivity index (χ4n) is 2.99. The number of hydrogen-bond donors (Lipinski definition) is 1. The van der Waals surface area contributed by atoms with Gasteiger partial charge in [-0.1, -0.05) is 30.3 Å². The van der Waals surface area contributed by atoms with Crippen LogP contribution in [0.5, 0.6) is 0 Å². The summed E-state index contributed by atoms with van der Waals surface area (Å²) in [6.45, 7) is 3.72. The SMILES string of the molecule is Cc1cc(C(=O)NN=Cc2cccc(C(F)(F)F)c2)c(C)n1-c1ccccc1. The van der Waals surface area contributed by atoms with Gasteiger partial charge in [0, 0.05) is 17.1 Å². The summed E-state index contributed by atoms with van der Waals surface area (Å²) in [5, 5.41) is 3.79. The molecule has 0 aliphatic carbocycles. The summed E-state index contributed by atoms with van der Waals surface area (Å²) < 4.78 is 40.2. The first-order valence-corrected chi connectivity index (χ1v) is 8.52. The number of alkyl halides is 3. The summed E-state index contributed by atoms with van der Waals surface area (Å²) in [5.74, 6) is -0.432. The van der Waals surface area contributed by atoms with E-state index >= 15 is 0 Å². The van der Waals surface area contributed by atoms with Gasteiger partial charge in [-0.25, -0.2) is 5.43 Å². The zero-order valence-electron chi connectivity index (χ0n) is 15.3. The zero-order valence-corrected chi connectivity index (χ0v) is 15.3. The molecule has 0 fully saturated rings. The van der Waals surface area contributed by atoms with E-state index in [2.05, 4.69) is 10.5 Å². The van der Waals surface area contributed by atoms with Crippen LogP contribution in [0.4, 0.5) is 13.2 Å². The minimum Gasteiger partial charge on any atom is -0.318 e. The van der Waals surface area contributed by atoms with Gasteiger partial charge in [0.2, 0.25) is 0 Å². The molecule has 1 heterocycles. The number of hydrogen-bond acceptors (Lipinski definition) is 2. The normalized spacial score (nSPS) is 11.8. The van der Waals surface area contributed by atoms with E-state index in [0.717, 1.165) is 29.2 Å². The number of rotatable bonds is 4. The number of nitrogens with zero attached hydrogens (tertiary/aromatic N) is 2. The Morgan fingerprint density at radius 2 is 1.75 bits per heavy atom. The Hall–Kier alpha value is -3.35. The van der Waals surface area contributed by atoms with Crippen LogP contribution in [-0.4, -0.2) is 16.7 Å². The van der Waals surface area contributed by atoms with E-state index in [1.165, 1.54) is 18.3 Å². The van der Waals surface area contributed by atoms with Crippen LogP contribution >= 0.6 is 0 Å². The summed E-state index contributed by atoms with van der Waals surface area (Å²) in [5.41, 5.74) is 4.86. The van der Waals surface area contributed by atoms with Gasteiger partial charge in [0.05, 0.1) is 17.3 Å². The Kier molecular flexibility index (Phi) is 5.35. The van der Waals surface area contributed by atoms with E-state index in [9.17, 15) is 18.0 Å². The highest BCUT2D eigenvalue weighted by molar-refractivity contribution is 5.96. The molecular weight excluding hydrogens is 367 g/mol. The van der Waals surface area contributed by atoms with Crippen molar-refractivity contribution in [2.75, 3.05) is 0 Å². The Labute approximate surface area is 160 Å². The van der Waals surface area contributed by atoms with Gasteiger partial charge in [-0.2, -0.15) is 18.3 Å². The van der Waals surface area contributed by atoms with Gasteiger partial charge in [0.1, 0.15) is 0 Å². The van der Waals surface area contributed by atoms with Gasteiger partial charge in [-0.05, 0) is 49.7 Å². The highest BCUT2D eigenvalue weighted by Crippen LogP contribution is 2.29. The molecule has 0 saturated heterocycles. The van der Waals surface area contributed by atoms with Crippen LogP contribution in [0.2, 0.25) is 0 Å². The summed E-state index contributed by atoms with van der Waals surface area (Å²) in [6.07, 6.45) is -3.24. The first kappa shape index (κ1) is 19.4. The van der Waals surface area contributed by atoms with Crippen LogP contribution < -0.4 is 5.43 Å². The minimum absolute atomic E-state index is 0.241. The molecule has 1 aromatic heterocycles. The van der Waals surface area contributed by atoms with Crippen LogP contribution in [0.1, 0.15) is 32.9 Å². The molecular formula is C21H18F3N3O. The van der Waals surface area contributed by atoms with Gasteiger partial charge in [-0.3, -0.25) is 4.79 Å². The van der Waals surface area contributed by atoms with E-state index in [-0.39, 0.29) is 5.56 Å². The smallest absolute Gasteiger partial charge is 0.318 e. The molecule has 1 amide bonds. The fourth-order valence-corrected chi connectivity index (χ4v) is 2.99. The predicted molar refractivity (Wildman–Crippen MR) is 102 cm³/mol. The van der Waals surface area contributed by atoms with E-state index in [1.807, 2.05) is 48.7 Å². The van der Waals surface area contributed by atoms with Gasteiger partial charge in [0.15, 0.2) is 0 Å². The van der Waals surface area contributed by atoms with Crippen molar-refractivity contribution in [2.24, 2.45) is 5.10 Å². The number of benzene rings is 2. The number of carbonyl (C=O) groups excluding carboxylic acids is 1. The van der Waals surface area contributed by atoms with Crippen molar-refractivity contribution in [2.45, 2.75) is 20.0 Å². The second-order valence-electron chi connectivity index (χ2n) is 6.28. The van der Waals surface area contributed by atoms with Crippen molar-refractivity contribution < 1.29 is 18.0 Å². The molecule has 2 aromatic carbocycles. The summed E-state index contributed by atoms with van der Waals surface area (Å²) in [6, 6.07) is 16.1. The highest BCUT2D eigenvalue weighted by Gasteiger charge is 2.30. The third kappa shape index (κ3) is 4.14. The second kappa shape index (κ2) is 7.72. The zero-order chi connectivity index (χ0) is 20.3. The Morgan fingerprint density at radius 3 is 2.43 bits per heavy atom. The monoisotopic (exact) mass is 385 g/mol. The van der Waals surface area contributed by atoms with Crippen LogP contribution in [-0.2, 0) is 6.18 Å². The quantitative estimate of drug-likeness (QED) is 0.505. The van der Waals surface area contributed by atoms with Crippen molar-refractivity contribution in [3.63, 3.8) is 0 Å². The third-order valence-corrected chi connectivity index (χ3v) is 4.28. The molecule has 3 rings (SSSR count). The molecule has 1 N–H and O–H groups in total. The fraction of sp³-hybridized carbons (Fsp3) is 0.143. The second-order valence-corrected chi connectivity index (χ2v) is 6.28. The molecule has 0 bridgehead atoms. The topological polar surface area (TPSA) is 46.4 Å². The minimum atomic E-state index is -4.43. The van der Waals surface area contributed by atoms with Crippen molar-refractivity contribution in [1.29, 1.82) is 0 Å². The van der Waals surface area contributed by atoms with Crippen molar-refractivity contribution in [3.05, 3.63) is 88.7 Å². The maximum Gasteiger partial charge on any atom is 0.416 e. The number of halogens is 3. The van der Waals surface area contributed by atoms with Crippen LogP contribution in [0.15, 0.2) is 65.8 Å². The van der Waals surface area contributed by atoms with Gasteiger partial charge < -0.3 is 4.57 Å². The standard InChI is InChI=1S/C21H18F3N3O/c1-14-11-19(15(2)27(14)18-9-4-3-5-10-18)20(28)26-25-13-16-7-6-8-17(12-16)21(22,23)24/h3-13H,1-2H3,(H,26,28). The van der Waals surface area contributed by atoms with Gasteiger partial charge >= 0.3 is 6.18 Å². The number of amides is 1. The average Bonchev–Trinajstić information content (AvgIpc) is 2.96. The van der Waals surface area contributed by atoms with Crippen LogP contribution in [0, 0.1) is 13.8 Å². The molecule has 0 atom stereocenters. The number of nitrogens with one attached hydrogen (secondary N) is 1. The molecule has 0 radical (unpaired) electrons.